The van der Waals surface area contributed by atoms with E-state index in [1.807, 2.05) is 20.8 Å². The van der Waals surface area contributed by atoms with Crippen molar-refractivity contribution in [2.24, 2.45) is 0 Å². The topological polar surface area (TPSA) is 55.8 Å². The smallest absolute Gasteiger partial charge is 0.243 e. The zero-order valence-electron chi connectivity index (χ0n) is 12.4. The molecule has 1 heterocycles. The van der Waals surface area contributed by atoms with Gasteiger partial charge >= 0.3 is 0 Å². The van der Waals surface area contributed by atoms with Crippen molar-refractivity contribution < 1.29 is 17.9 Å². The number of halogens is 1. The van der Waals surface area contributed by atoms with Crippen LogP contribution in [0.4, 0.5) is 0 Å². The molecule has 1 aromatic rings. The molecule has 118 valence electrons. The van der Waals surface area contributed by atoms with Gasteiger partial charge < -0.3 is 9.47 Å². The van der Waals surface area contributed by atoms with Crippen LogP contribution in [-0.2, 0) is 14.8 Å². The predicted octanol–water partition coefficient (Wildman–Crippen LogP) is 2.54. The fraction of sp³-hybridized carbons (Fsp3) is 0.571. The van der Waals surface area contributed by atoms with E-state index < -0.39 is 10.0 Å². The minimum absolute atomic E-state index is 0.123. The Morgan fingerprint density at radius 1 is 1.33 bits per heavy atom. The van der Waals surface area contributed by atoms with Crippen LogP contribution < -0.4 is 4.74 Å². The molecule has 0 spiro atoms. The molecule has 2 rings (SSSR count). The Hall–Kier alpha value is -0.820. The Labute approximate surface area is 130 Å². The van der Waals surface area contributed by atoms with Crippen molar-refractivity contribution in [1.82, 2.24) is 4.31 Å². The summed E-state index contributed by atoms with van der Waals surface area (Å²) in [6, 6.07) is 4.53. The van der Waals surface area contributed by atoms with Gasteiger partial charge in [0.25, 0.3) is 0 Å². The summed E-state index contributed by atoms with van der Waals surface area (Å²) in [5, 5.41) is 0.402. The molecular formula is C14H20ClNO4S. The highest BCUT2D eigenvalue weighted by molar-refractivity contribution is 7.89. The lowest BCUT2D eigenvalue weighted by molar-refractivity contribution is -0.0440. The third kappa shape index (κ3) is 3.69. The number of benzene rings is 1. The predicted molar refractivity (Wildman–Crippen MR) is 81.4 cm³/mol. The van der Waals surface area contributed by atoms with Gasteiger partial charge in [-0.3, -0.25) is 0 Å². The lowest BCUT2D eigenvalue weighted by Gasteiger charge is -2.34. The molecule has 1 aliphatic rings. The van der Waals surface area contributed by atoms with Crippen LogP contribution >= 0.6 is 11.6 Å². The lowest BCUT2D eigenvalue weighted by atomic mass is 10.3. The van der Waals surface area contributed by atoms with E-state index in [-0.39, 0.29) is 17.1 Å². The summed E-state index contributed by atoms with van der Waals surface area (Å²) in [6.07, 6.45) is -0.246. The molecule has 1 aliphatic heterocycles. The van der Waals surface area contributed by atoms with E-state index >= 15 is 0 Å². The first-order valence-electron chi connectivity index (χ1n) is 6.92. The van der Waals surface area contributed by atoms with Gasteiger partial charge in [0.2, 0.25) is 10.0 Å². The maximum atomic E-state index is 12.7. The third-order valence-electron chi connectivity index (χ3n) is 3.23. The zero-order chi connectivity index (χ0) is 15.6. The first-order valence-corrected chi connectivity index (χ1v) is 8.74. The van der Waals surface area contributed by atoms with Crippen LogP contribution in [0, 0.1) is 0 Å². The Morgan fingerprint density at radius 3 is 2.52 bits per heavy atom. The minimum Gasteiger partial charge on any atom is -0.492 e. The minimum atomic E-state index is -3.57. The maximum absolute atomic E-state index is 12.7. The molecule has 0 radical (unpaired) electrons. The van der Waals surface area contributed by atoms with Gasteiger partial charge in [0.15, 0.2) is 0 Å². The average Bonchev–Trinajstić information content (AvgIpc) is 2.40. The van der Waals surface area contributed by atoms with Crippen molar-refractivity contribution in [2.45, 2.75) is 37.9 Å². The number of morpholine rings is 1. The Bertz CT molecular complexity index is 595. The number of ether oxygens (including phenoxy) is 2. The quantitative estimate of drug-likeness (QED) is 0.849. The van der Waals surface area contributed by atoms with Gasteiger partial charge in [-0.15, -0.1) is 0 Å². The molecule has 0 amide bonds. The van der Waals surface area contributed by atoms with E-state index in [4.69, 9.17) is 21.1 Å². The van der Waals surface area contributed by atoms with Crippen molar-refractivity contribution >= 4 is 21.6 Å². The van der Waals surface area contributed by atoms with Gasteiger partial charge in [0.1, 0.15) is 5.75 Å². The van der Waals surface area contributed by atoms with Crippen molar-refractivity contribution in [3.05, 3.63) is 23.2 Å². The Morgan fingerprint density at radius 2 is 1.95 bits per heavy atom. The van der Waals surface area contributed by atoms with Gasteiger partial charge in [-0.1, -0.05) is 11.6 Å². The summed E-state index contributed by atoms with van der Waals surface area (Å²) in [6.45, 7) is 6.67. The van der Waals surface area contributed by atoms with Crippen LogP contribution in [0.5, 0.6) is 5.75 Å². The Kier molecular flexibility index (Phi) is 5.14. The highest BCUT2D eigenvalue weighted by Gasteiger charge is 2.32. The van der Waals surface area contributed by atoms with Crippen LogP contribution in [0.2, 0.25) is 5.02 Å². The summed E-state index contributed by atoms with van der Waals surface area (Å²) >= 11 is 6.00. The largest absolute Gasteiger partial charge is 0.492 e. The van der Waals surface area contributed by atoms with Gasteiger partial charge in [-0.2, -0.15) is 4.31 Å². The lowest BCUT2D eigenvalue weighted by Crippen LogP contribution is -2.48. The second-order valence-corrected chi connectivity index (χ2v) is 7.45. The van der Waals surface area contributed by atoms with E-state index in [9.17, 15) is 8.42 Å². The molecule has 0 N–H and O–H groups in total. The summed E-state index contributed by atoms with van der Waals surface area (Å²) in [5.41, 5.74) is 0. The van der Waals surface area contributed by atoms with Crippen LogP contribution in [-0.4, -0.2) is 44.6 Å². The first kappa shape index (κ1) is 16.5. The molecule has 7 heteroatoms. The number of sulfonamides is 1. The highest BCUT2D eigenvalue weighted by atomic mass is 35.5. The standard InChI is InChI=1S/C14H20ClNO4S/c1-4-19-14-7-12(5-6-13(14)15)21(17,18)16-8-10(2)20-11(3)9-16/h5-7,10-11H,4,8-9H2,1-3H3. The molecule has 21 heavy (non-hydrogen) atoms. The SMILES string of the molecule is CCOc1cc(S(=O)(=O)N2CC(C)OC(C)C2)ccc1Cl. The molecule has 2 atom stereocenters. The van der Waals surface area contributed by atoms with Crippen molar-refractivity contribution in [1.29, 1.82) is 0 Å². The van der Waals surface area contributed by atoms with Crippen LogP contribution in [0.1, 0.15) is 20.8 Å². The second-order valence-electron chi connectivity index (χ2n) is 5.10. The van der Waals surface area contributed by atoms with Crippen LogP contribution in [0.3, 0.4) is 0 Å². The molecule has 0 saturated carbocycles. The summed E-state index contributed by atoms with van der Waals surface area (Å²) in [4.78, 5) is 0.191. The van der Waals surface area contributed by atoms with Gasteiger partial charge in [0, 0.05) is 19.2 Å². The van der Waals surface area contributed by atoms with Crippen LogP contribution in [0.25, 0.3) is 0 Å². The van der Waals surface area contributed by atoms with E-state index in [2.05, 4.69) is 0 Å². The molecule has 1 saturated heterocycles. The normalized spacial score (nSPS) is 24.0. The molecule has 1 fully saturated rings. The van der Waals surface area contributed by atoms with E-state index in [1.165, 1.54) is 16.4 Å². The summed E-state index contributed by atoms with van der Waals surface area (Å²) in [5.74, 6) is 0.384. The van der Waals surface area contributed by atoms with Crippen molar-refractivity contribution in [2.75, 3.05) is 19.7 Å². The Balaban J connectivity index is 2.33. The fourth-order valence-corrected chi connectivity index (χ4v) is 4.16. The number of rotatable bonds is 4. The van der Waals surface area contributed by atoms with Crippen LogP contribution in [0.15, 0.2) is 23.1 Å². The zero-order valence-corrected chi connectivity index (χ0v) is 13.9. The average molecular weight is 334 g/mol. The molecule has 0 aromatic heterocycles. The number of hydrogen-bond donors (Lipinski definition) is 0. The molecule has 0 aliphatic carbocycles. The molecular weight excluding hydrogens is 314 g/mol. The maximum Gasteiger partial charge on any atom is 0.243 e. The number of hydrogen-bond acceptors (Lipinski definition) is 4. The fourth-order valence-electron chi connectivity index (χ4n) is 2.39. The van der Waals surface area contributed by atoms with Gasteiger partial charge in [-0.25, -0.2) is 8.42 Å². The van der Waals surface area contributed by atoms with E-state index in [0.29, 0.717) is 30.5 Å². The number of nitrogens with zero attached hydrogens (tertiary/aromatic N) is 1. The summed E-state index contributed by atoms with van der Waals surface area (Å²) < 4.78 is 37.8. The molecule has 0 bridgehead atoms. The van der Waals surface area contributed by atoms with Gasteiger partial charge in [-0.05, 0) is 32.9 Å². The van der Waals surface area contributed by atoms with E-state index in [1.54, 1.807) is 6.07 Å². The van der Waals surface area contributed by atoms with Crippen molar-refractivity contribution in [3.8, 4) is 5.75 Å². The first-order chi connectivity index (χ1) is 9.84. The molecule has 2 unspecified atom stereocenters. The van der Waals surface area contributed by atoms with Gasteiger partial charge in [0.05, 0.1) is 28.7 Å². The van der Waals surface area contributed by atoms with Crippen molar-refractivity contribution in [3.63, 3.8) is 0 Å². The van der Waals surface area contributed by atoms with E-state index in [0.717, 1.165) is 0 Å². The highest BCUT2D eigenvalue weighted by Crippen LogP contribution is 2.29. The third-order valence-corrected chi connectivity index (χ3v) is 5.37. The summed E-state index contributed by atoms with van der Waals surface area (Å²) in [7, 11) is -3.57. The second kappa shape index (κ2) is 6.52. The monoisotopic (exact) mass is 333 g/mol. The molecule has 1 aromatic carbocycles. The molecule has 5 nitrogen and oxygen atoms in total.